The van der Waals surface area contributed by atoms with E-state index in [-0.39, 0.29) is 17.8 Å². The molecule has 0 fully saturated rings. The van der Waals surface area contributed by atoms with Crippen molar-refractivity contribution in [3.8, 4) is 0 Å². The fourth-order valence-corrected chi connectivity index (χ4v) is 1.55. The van der Waals surface area contributed by atoms with E-state index in [1.54, 1.807) is 24.3 Å². The van der Waals surface area contributed by atoms with Crippen molar-refractivity contribution in [3.05, 3.63) is 35.0 Å². The minimum Gasteiger partial charge on any atom is -0.633 e. The SMILES string of the molecule is CC[N+]([O-])(CC)CCOC(=O)c1ccc(N)cc1. The molecule has 100 valence electrons. The van der Waals surface area contributed by atoms with Crippen molar-refractivity contribution in [1.29, 1.82) is 0 Å². The van der Waals surface area contributed by atoms with E-state index < -0.39 is 5.97 Å². The molecule has 0 saturated carbocycles. The van der Waals surface area contributed by atoms with Crippen LogP contribution in [-0.2, 0) is 4.74 Å². The highest BCUT2D eigenvalue weighted by Gasteiger charge is 2.13. The number of carbonyl (C=O) groups is 1. The first-order valence-electron chi connectivity index (χ1n) is 6.10. The van der Waals surface area contributed by atoms with Gasteiger partial charge in [0, 0.05) is 5.69 Å². The summed E-state index contributed by atoms with van der Waals surface area (Å²) in [6.07, 6.45) is 0. The second-order valence-electron chi connectivity index (χ2n) is 4.17. The molecule has 0 amide bonds. The number of nitrogen functional groups attached to an aromatic ring is 1. The molecule has 1 aromatic carbocycles. The fourth-order valence-electron chi connectivity index (χ4n) is 1.55. The second-order valence-corrected chi connectivity index (χ2v) is 4.17. The second kappa shape index (κ2) is 6.37. The maximum atomic E-state index is 11.9. The molecule has 0 aliphatic carbocycles. The summed E-state index contributed by atoms with van der Waals surface area (Å²) >= 11 is 0. The van der Waals surface area contributed by atoms with Crippen molar-refractivity contribution in [2.75, 3.05) is 32.0 Å². The average molecular weight is 252 g/mol. The summed E-state index contributed by atoms with van der Waals surface area (Å²) in [5.41, 5.74) is 6.57. The summed E-state index contributed by atoms with van der Waals surface area (Å²) in [6, 6.07) is 6.50. The van der Waals surface area contributed by atoms with Gasteiger partial charge < -0.3 is 20.3 Å². The Bertz CT molecular complexity index is 386. The van der Waals surface area contributed by atoms with Gasteiger partial charge in [0.1, 0.15) is 13.2 Å². The molecule has 5 heteroatoms. The van der Waals surface area contributed by atoms with E-state index in [2.05, 4.69) is 0 Å². The first kappa shape index (κ1) is 14.5. The van der Waals surface area contributed by atoms with E-state index >= 15 is 0 Å². The van der Waals surface area contributed by atoms with Crippen LogP contribution in [0.4, 0.5) is 5.69 Å². The van der Waals surface area contributed by atoms with Crippen LogP contribution in [0.15, 0.2) is 24.3 Å². The van der Waals surface area contributed by atoms with E-state index in [0.717, 1.165) is 0 Å². The number of benzene rings is 1. The zero-order valence-electron chi connectivity index (χ0n) is 10.9. The van der Waals surface area contributed by atoms with Crippen LogP contribution in [0.25, 0.3) is 0 Å². The van der Waals surface area contributed by atoms with Crippen LogP contribution >= 0.6 is 0 Å². The molecule has 2 N–H and O–H groups in total. The molecule has 0 radical (unpaired) electrons. The maximum absolute atomic E-state index is 11.9. The van der Waals surface area contributed by atoms with Gasteiger partial charge in [0.15, 0.2) is 0 Å². The Balaban J connectivity index is 2.44. The van der Waals surface area contributed by atoms with Crippen molar-refractivity contribution in [2.24, 2.45) is 0 Å². The van der Waals surface area contributed by atoms with Crippen LogP contribution in [0.3, 0.4) is 0 Å². The Hall–Kier alpha value is -1.59. The monoisotopic (exact) mass is 252 g/mol. The third-order valence-corrected chi connectivity index (χ3v) is 3.03. The number of carbonyl (C=O) groups excluding carboxylic acids is 1. The minimum atomic E-state index is -0.422. The van der Waals surface area contributed by atoms with Gasteiger partial charge in [-0.25, -0.2) is 4.79 Å². The van der Waals surface area contributed by atoms with Crippen LogP contribution in [0.1, 0.15) is 24.2 Å². The van der Waals surface area contributed by atoms with E-state index in [1.165, 1.54) is 0 Å². The lowest BCUT2D eigenvalue weighted by Crippen LogP contribution is -2.44. The molecule has 5 nitrogen and oxygen atoms in total. The molecular weight excluding hydrogens is 232 g/mol. The first-order chi connectivity index (χ1) is 8.50. The number of anilines is 1. The fraction of sp³-hybridized carbons (Fsp3) is 0.462. The summed E-state index contributed by atoms with van der Waals surface area (Å²) in [5, 5.41) is 11.9. The normalized spacial score (nSPS) is 11.3. The molecular formula is C13H20N2O3. The molecule has 0 heterocycles. The Kier molecular flexibility index (Phi) is 5.12. The summed E-state index contributed by atoms with van der Waals surface area (Å²) in [5.74, 6) is -0.422. The highest BCUT2D eigenvalue weighted by Crippen LogP contribution is 2.08. The Labute approximate surface area is 107 Å². The number of nitrogens with zero attached hydrogens (tertiary/aromatic N) is 1. The van der Waals surface area contributed by atoms with Crippen LogP contribution < -0.4 is 5.73 Å². The molecule has 0 bridgehead atoms. The predicted octanol–water partition coefficient (Wildman–Crippen LogP) is 1.78. The van der Waals surface area contributed by atoms with Gasteiger partial charge in [0.25, 0.3) is 0 Å². The topological polar surface area (TPSA) is 75.4 Å². The lowest BCUT2D eigenvalue weighted by molar-refractivity contribution is -0.877. The Morgan fingerprint density at radius 3 is 2.33 bits per heavy atom. The average Bonchev–Trinajstić information content (AvgIpc) is 2.39. The third kappa shape index (κ3) is 4.01. The molecule has 0 spiro atoms. The van der Waals surface area contributed by atoms with Crippen molar-refractivity contribution >= 4 is 11.7 Å². The molecule has 0 saturated heterocycles. The summed E-state index contributed by atoms with van der Waals surface area (Å²) in [7, 11) is 0. The number of nitrogens with two attached hydrogens (primary N) is 1. The molecule has 1 rings (SSSR count). The molecule has 1 aromatic rings. The van der Waals surface area contributed by atoms with Gasteiger partial charge in [-0.2, -0.15) is 0 Å². The number of hydrogen-bond acceptors (Lipinski definition) is 4. The van der Waals surface area contributed by atoms with E-state index in [1.807, 2.05) is 13.8 Å². The van der Waals surface area contributed by atoms with Crippen molar-refractivity contribution in [2.45, 2.75) is 13.8 Å². The van der Waals surface area contributed by atoms with Gasteiger partial charge in [0.05, 0.1) is 18.7 Å². The zero-order chi connectivity index (χ0) is 13.6. The highest BCUT2D eigenvalue weighted by molar-refractivity contribution is 5.89. The van der Waals surface area contributed by atoms with Gasteiger partial charge >= 0.3 is 5.97 Å². The predicted molar refractivity (Wildman–Crippen MR) is 70.7 cm³/mol. The van der Waals surface area contributed by atoms with E-state index in [0.29, 0.717) is 24.3 Å². The molecule has 0 atom stereocenters. The number of ether oxygens (including phenoxy) is 1. The molecule has 0 aliphatic heterocycles. The molecule has 0 aliphatic rings. The number of hydroxylamine groups is 3. The number of hydrogen-bond donors (Lipinski definition) is 1. The summed E-state index contributed by atoms with van der Waals surface area (Å²) < 4.78 is 4.73. The van der Waals surface area contributed by atoms with Crippen LogP contribution in [0.2, 0.25) is 0 Å². The minimum absolute atomic E-state index is 0.133. The summed E-state index contributed by atoms with van der Waals surface area (Å²) in [6.45, 7) is 5.05. The van der Waals surface area contributed by atoms with Crippen LogP contribution in [0, 0.1) is 5.21 Å². The van der Waals surface area contributed by atoms with Gasteiger partial charge in [-0.1, -0.05) is 0 Å². The molecule has 0 unspecified atom stereocenters. The Morgan fingerprint density at radius 2 is 1.83 bits per heavy atom. The van der Waals surface area contributed by atoms with Crippen molar-refractivity contribution in [1.82, 2.24) is 0 Å². The lowest BCUT2D eigenvalue weighted by atomic mass is 10.2. The third-order valence-electron chi connectivity index (χ3n) is 3.03. The number of rotatable bonds is 6. The van der Waals surface area contributed by atoms with Crippen LogP contribution in [0.5, 0.6) is 0 Å². The number of esters is 1. The largest absolute Gasteiger partial charge is 0.633 e. The smallest absolute Gasteiger partial charge is 0.338 e. The lowest BCUT2D eigenvalue weighted by Gasteiger charge is -2.40. The Morgan fingerprint density at radius 1 is 1.28 bits per heavy atom. The van der Waals surface area contributed by atoms with Crippen LogP contribution in [-0.4, -0.2) is 36.9 Å². The number of quaternary nitrogens is 1. The first-order valence-corrected chi connectivity index (χ1v) is 6.10. The van der Waals surface area contributed by atoms with Gasteiger partial charge in [-0.3, -0.25) is 0 Å². The van der Waals surface area contributed by atoms with Crippen molar-refractivity contribution in [3.63, 3.8) is 0 Å². The van der Waals surface area contributed by atoms with Crippen molar-refractivity contribution < 1.29 is 14.2 Å². The number of likely N-dealkylation sites (N-methyl/N-ethyl adjacent to an activating group) is 1. The zero-order valence-corrected chi connectivity index (χ0v) is 10.9. The van der Waals surface area contributed by atoms with Gasteiger partial charge in [-0.05, 0) is 38.1 Å². The summed E-state index contributed by atoms with van der Waals surface area (Å²) in [4.78, 5) is 11.6. The standard InChI is InChI=1S/C13H20N2O3/c1-3-15(17,4-2)9-10-18-13(16)11-5-7-12(14)8-6-11/h5-8H,3-4,9-10,14H2,1-2H3. The van der Waals surface area contributed by atoms with Gasteiger partial charge in [0.2, 0.25) is 0 Å². The van der Waals surface area contributed by atoms with E-state index in [9.17, 15) is 10.0 Å². The highest BCUT2D eigenvalue weighted by atomic mass is 16.6. The van der Waals surface area contributed by atoms with Gasteiger partial charge in [-0.15, -0.1) is 0 Å². The molecule has 18 heavy (non-hydrogen) atoms. The molecule has 0 aromatic heterocycles. The quantitative estimate of drug-likeness (QED) is 0.362. The van der Waals surface area contributed by atoms with E-state index in [4.69, 9.17) is 10.5 Å². The maximum Gasteiger partial charge on any atom is 0.338 e.